The van der Waals surface area contributed by atoms with Crippen molar-refractivity contribution < 1.29 is 4.79 Å². The predicted octanol–water partition coefficient (Wildman–Crippen LogP) is 2.15. The van der Waals surface area contributed by atoms with Crippen LogP contribution in [0.5, 0.6) is 0 Å². The molecule has 0 unspecified atom stereocenters. The summed E-state index contributed by atoms with van der Waals surface area (Å²) in [5.74, 6) is -0.414. The number of carbonyl (C=O) groups excluding carboxylic acids is 1. The van der Waals surface area contributed by atoms with Crippen LogP contribution in [0.4, 0.5) is 11.4 Å². The van der Waals surface area contributed by atoms with E-state index in [1.807, 2.05) is 6.07 Å². The van der Waals surface area contributed by atoms with Crippen molar-refractivity contribution in [3.63, 3.8) is 0 Å². The van der Waals surface area contributed by atoms with Gasteiger partial charge in [-0.1, -0.05) is 12.8 Å². The number of carbonyl (C=O) groups is 1. The van der Waals surface area contributed by atoms with Gasteiger partial charge >= 0.3 is 0 Å². The lowest BCUT2D eigenvalue weighted by molar-refractivity contribution is -0.112. The summed E-state index contributed by atoms with van der Waals surface area (Å²) in [5.41, 5.74) is 6.90. The Morgan fingerprint density at radius 2 is 1.95 bits per heavy atom. The minimum atomic E-state index is -0.414. The number of hydrogen-bond acceptors (Lipinski definition) is 4. The van der Waals surface area contributed by atoms with E-state index < -0.39 is 5.91 Å². The van der Waals surface area contributed by atoms with E-state index in [9.17, 15) is 4.79 Å². The van der Waals surface area contributed by atoms with Crippen molar-refractivity contribution in [1.82, 2.24) is 5.32 Å². The van der Waals surface area contributed by atoms with Gasteiger partial charge in [0.1, 0.15) is 11.6 Å². The predicted molar refractivity (Wildman–Crippen MR) is 78.6 cm³/mol. The van der Waals surface area contributed by atoms with E-state index in [0.717, 1.165) is 12.8 Å². The SMILES string of the molecule is N#C/C(=C/NC1CCCC1)C(=O)Nc1ccc(N)cc1. The summed E-state index contributed by atoms with van der Waals surface area (Å²) in [6.07, 6.45) is 6.10. The van der Waals surface area contributed by atoms with Crippen LogP contribution in [0.2, 0.25) is 0 Å². The van der Waals surface area contributed by atoms with Gasteiger partial charge in [0.15, 0.2) is 0 Å². The molecule has 0 saturated heterocycles. The molecule has 2 rings (SSSR count). The molecule has 20 heavy (non-hydrogen) atoms. The van der Waals surface area contributed by atoms with Crippen molar-refractivity contribution in [2.45, 2.75) is 31.7 Å². The number of nitrogen functional groups attached to an aromatic ring is 1. The number of benzene rings is 1. The molecule has 0 atom stereocenters. The Kier molecular flexibility index (Phi) is 4.61. The first-order chi connectivity index (χ1) is 9.69. The molecular formula is C15H18N4O. The van der Waals surface area contributed by atoms with Crippen LogP contribution in [0.1, 0.15) is 25.7 Å². The molecule has 1 amide bonds. The van der Waals surface area contributed by atoms with Crippen LogP contribution in [0.25, 0.3) is 0 Å². The highest BCUT2D eigenvalue weighted by molar-refractivity contribution is 6.06. The fraction of sp³-hybridized carbons (Fsp3) is 0.333. The second kappa shape index (κ2) is 6.62. The van der Waals surface area contributed by atoms with Crippen molar-refractivity contribution in [2.24, 2.45) is 0 Å². The lowest BCUT2D eigenvalue weighted by Gasteiger charge is -2.09. The minimum Gasteiger partial charge on any atom is -0.399 e. The number of nitrogens with two attached hydrogens (primary N) is 1. The molecule has 5 heteroatoms. The molecule has 1 aromatic rings. The molecule has 4 N–H and O–H groups in total. The molecule has 1 aliphatic rings. The third-order valence-electron chi connectivity index (χ3n) is 3.35. The molecule has 1 fully saturated rings. The number of rotatable bonds is 4. The van der Waals surface area contributed by atoms with Crippen LogP contribution >= 0.6 is 0 Å². The summed E-state index contributed by atoms with van der Waals surface area (Å²) in [4.78, 5) is 12.0. The first kappa shape index (κ1) is 13.9. The van der Waals surface area contributed by atoms with Crippen molar-refractivity contribution in [3.8, 4) is 6.07 Å². The van der Waals surface area contributed by atoms with E-state index in [0.29, 0.717) is 17.4 Å². The van der Waals surface area contributed by atoms with E-state index in [-0.39, 0.29) is 5.57 Å². The van der Waals surface area contributed by atoms with E-state index in [4.69, 9.17) is 11.0 Å². The number of hydrogen-bond donors (Lipinski definition) is 3. The maximum absolute atomic E-state index is 12.0. The molecule has 1 aliphatic carbocycles. The lowest BCUT2D eigenvalue weighted by Crippen LogP contribution is -2.23. The highest BCUT2D eigenvalue weighted by atomic mass is 16.1. The van der Waals surface area contributed by atoms with Crippen LogP contribution in [-0.4, -0.2) is 11.9 Å². The Morgan fingerprint density at radius 3 is 2.55 bits per heavy atom. The summed E-state index contributed by atoms with van der Waals surface area (Å²) in [5, 5.41) is 14.9. The van der Waals surface area contributed by atoms with Crippen molar-refractivity contribution in [2.75, 3.05) is 11.1 Å². The van der Waals surface area contributed by atoms with Gasteiger partial charge in [0.05, 0.1) is 0 Å². The summed E-state index contributed by atoms with van der Waals surface area (Å²) < 4.78 is 0. The zero-order chi connectivity index (χ0) is 14.4. The number of amides is 1. The zero-order valence-electron chi connectivity index (χ0n) is 11.2. The summed E-state index contributed by atoms with van der Waals surface area (Å²) in [7, 11) is 0. The number of anilines is 2. The van der Waals surface area contributed by atoms with Crippen LogP contribution in [0.15, 0.2) is 36.0 Å². The first-order valence-corrected chi connectivity index (χ1v) is 6.72. The fourth-order valence-corrected chi connectivity index (χ4v) is 2.21. The molecule has 0 aliphatic heterocycles. The Labute approximate surface area is 118 Å². The van der Waals surface area contributed by atoms with Crippen LogP contribution in [-0.2, 0) is 4.79 Å². The minimum absolute atomic E-state index is 0.0775. The average molecular weight is 270 g/mol. The highest BCUT2D eigenvalue weighted by Crippen LogP contribution is 2.18. The van der Waals surface area contributed by atoms with Gasteiger partial charge in [0, 0.05) is 23.6 Å². The Hall–Kier alpha value is -2.48. The number of nitriles is 1. The Morgan fingerprint density at radius 1 is 1.30 bits per heavy atom. The summed E-state index contributed by atoms with van der Waals surface area (Å²) in [6.45, 7) is 0. The van der Waals surface area contributed by atoms with Gasteiger partial charge in [-0.05, 0) is 37.1 Å². The summed E-state index contributed by atoms with van der Waals surface area (Å²) in [6, 6.07) is 9.09. The normalized spacial score (nSPS) is 15.7. The molecular weight excluding hydrogens is 252 g/mol. The van der Waals surface area contributed by atoms with Crippen molar-refractivity contribution >= 4 is 17.3 Å². The molecule has 1 saturated carbocycles. The highest BCUT2D eigenvalue weighted by Gasteiger charge is 2.14. The van der Waals surface area contributed by atoms with Gasteiger partial charge in [0.2, 0.25) is 0 Å². The second-order valence-corrected chi connectivity index (χ2v) is 4.89. The third-order valence-corrected chi connectivity index (χ3v) is 3.35. The maximum atomic E-state index is 12.0. The molecule has 104 valence electrons. The molecule has 1 aromatic carbocycles. The number of nitrogens with one attached hydrogen (secondary N) is 2. The number of nitrogens with zero attached hydrogens (tertiary/aromatic N) is 1. The van der Waals surface area contributed by atoms with Crippen molar-refractivity contribution in [3.05, 3.63) is 36.0 Å². The summed E-state index contributed by atoms with van der Waals surface area (Å²) >= 11 is 0. The third kappa shape index (κ3) is 3.75. The van der Waals surface area contributed by atoms with Crippen LogP contribution in [0.3, 0.4) is 0 Å². The standard InChI is InChI=1S/C15H18N4O/c16-9-11(10-18-13-3-1-2-4-13)15(20)19-14-7-5-12(17)6-8-14/h5-8,10,13,18H,1-4,17H2,(H,19,20)/b11-10-. The van der Waals surface area contributed by atoms with Crippen molar-refractivity contribution in [1.29, 1.82) is 5.26 Å². The maximum Gasteiger partial charge on any atom is 0.267 e. The van der Waals surface area contributed by atoms with Crippen LogP contribution in [0, 0.1) is 11.3 Å². The first-order valence-electron chi connectivity index (χ1n) is 6.72. The quantitative estimate of drug-likeness (QED) is 0.444. The monoisotopic (exact) mass is 270 g/mol. The molecule has 0 bridgehead atoms. The molecule has 0 spiro atoms. The largest absolute Gasteiger partial charge is 0.399 e. The van der Waals surface area contributed by atoms with Crippen LogP contribution < -0.4 is 16.4 Å². The average Bonchev–Trinajstić information content (AvgIpc) is 2.95. The molecule has 5 nitrogen and oxygen atoms in total. The van der Waals surface area contributed by atoms with Gasteiger partial charge in [-0.3, -0.25) is 4.79 Å². The van der Waals surface area contributed by atoms with Gasteiger partial charge < -0.3 is 16.4 Å². The topological polar surface area (TPSA) is 90.9 Å². The van der Waals surface area contributed by atoms with Gasteiger partial charge in [-0.2, -0.15) is 5.26 Å². The molecule has 0 radical (unpaired) electrons. The smallest absolute Gasteiger partial charge is 0.267 e. The fourth-order valence-electron chi connectivity index (χ4n) is 2.21. The lowest BCUT2D eigenvalue weighted by atomic mass is 10.2. The van der Waals surface area contributed by atoms with E-state index >= 15 is 0 Å². The Bertz CT molecular complexity index is 536. The zero-order valence-corrected chi connectivity index (χ0v) is 11.2. The molecule has 0 heterocycles. The van der Waals surface area contributed by atoms with Gasteiger partial charge in [-0.25, -0.2) is 0 Å². The second-order valence-electron chi connectivity index (χ2n) is 4.89. The van der Waals surface area contributed by atoms with Gasteiger partial charge in [-0.15, -0.1) is 0 Å². The van der Waals surface area contributed by atoms with E-state index in [1.165, 1.54) is 19.0 Å². The molecule has 0 aromatic heterocycles. The Balaban J connectivity index is 1.96. The van der Waals surface area contributed by atoms with E-state index in [2.05, 4.69) is 10.6 Å². The van der Waals surface area contributed by atoms with E-state index in [1.54, 1.807) is 24.3 Å². The van der Waals surface area contributed by atoms with Gasteiger partial charge in [0.25, 0.3) is 5.91 Å².